The van der Waals surface area contributed by atoms with Crippen molar-refractivity contribution in [3.8, 4) is 0 Å². The standard InChI is InChI=1S/C21H27N5O4/c1-4-10-21(11-5-2)19(29)26(20(30)24-21)13-17(27)25(3)12-16-22-15-9-7-6-8-14(15)18(28)23-16/h6-9H,4-5,10-13H2,1-3H3,(H,24,30)(H,22,23,28). The number of fused-ring (bicyclic) bond motifs is 1. The molecule has 0 unspecified atom stereocenters. The molecule has 0 aliphatic carbocycles. The molecule has 2 aromatic rings. The van der Waals surface area contributed by atoms with Crippen molar-refractivity contribution in [2.24, 2.45) is 0 Å². The van der Waals surface area contributed by atoms with Gasteiger partial charge in [-0.05, 0) is 25.0 Å². The van der Waals surface area contributed by atoms with E-state index in [1.54, 1.807) is 31.3 Å². The van der Waals surface area contributed by atoms with Crippen LogP contribution in [0.25, 0.3) is 10.9 Å². The first-order valence-corrected chi connectivity index (χ1v) is 10.2. The highest BCUT2D eigenvalue weighted by Gasteiger charge is 2.50. The normalized spacial score (nSPS) is 15.5. The monoisotopic (exact) mass is 413 g/mol. The largest absolute Gasteiger partial charge is 0.337 e. The highest BCUT2D eigenvalue weighted by atomic mass is 16.2. The molecule has 2 heterocycles. The highest BCUT2D eigenvalue weighted by Crippen LogP contribution is 2.28. The number of carbonyl (C=O) groups excluding carboxylic acids is 3. The van der Waals surface area contributed by atoms with Crippen LogP contribution < -0.4 is 10.9 Å². The van der Waals surface area contributed by atoms with E-state index in [0.29, 0.717) is 29.6 Å². The third kappa shape index (κ3) is 4.05. The SMILES string of the molecule is CCCC1(CCC)NC(=O)N(CC(=O)N(C)Cc2nc3ccccc3c(=O)[nH]2)C1=O. The molecule has 1 aromatic carbocycles. The van der Waals surface area contributed by atoms with Gasteiger partial charge in [0.1, 0.15) is 17.9 Å². The Labute approximate surface area is 174 Å². The maximum Gasteiger partial charge on any atom is 0.325 e. The van der Waals surface area contributed by atoms with Gasteiger partial charge in [0.2, 0.25) is 5.91 Å². The van der Waals surface area contributed by atoms with Crippen LogP contribution in [0.5, 0.6) is 0 Å². The number of aromatic amines is 1. The second-order valence-corrected chi connectivity index (χ2v) is 7.68. The van der Waals surface area contributed by atoms with Gasteiger partial charge in [-0.25, -0.2) is 9.78 Å². The van der Waals surface area contributed by atoms with Crippen LogP contribution in [-0.2, 0) is 16.1 Å². The van der Waals surface area contributed by atoms with E-state index < -0.39 is 17.5 Å². The minimum absolute atomic E-state index is 0.0532. The third-order valence-corrected chi connectivity index (χ3v) is 5.37. The van der Waals surface area contributed by atoms with E-state index in [1.165, 1.54) is 4.90 Å². The number of carbonyl (C=O) groups is 3. The number of imide groups is 1. The van der Waals surface area contributed by atoms with Crippen molar-refractivity contribution in [2.45, 2.75) is 51.6 Å². The number of amides is 4. The maximum absolute atomic E-state index is 12.9. The van der Waals surface area contributed by atoms with Crippen molar-refractivity contribution in [3.63, 3.8) is 0 Å². The lowest BCUT2D eigenvalue weighted by atomic mass is 9.88. The Balaban J connectivity index is 1.72. The van der Waals surface area contributed by atoms with Gasteiger partial charge in [0.25, 0.3) is 11.5 Å². The predicted molar refractivity (Wildman–Crippen MR) is 112 cm³/mol. The molecule has 3 rings (SSSR count). The zero-order valence-corrected chi connectivity index (χ0v) is 17.5. The summed E-state index contributed by atoms with van der Waals surface area (Å²) in [5.74, 6) is -0.439. The van der Waals surface area contributed by atoms with Crippen LogP contribution in [0, 0.1) is 0 Å². The van der Waals surface area contributed by atoms with Crippen LogP contribution in [-0.4, -0.2) is 56.7 Å². The molecule has 160 valence electrons. The lowest BCUT2D eigenvalue weighted by molar-refractivity contribution is -0.139. The number of likely N-dealkylation sites (N-methyl/N-ethyl adjacent to an activating group) is 1. The van der Waals surface area contributed by atoms with E-state index in [1.807, 2.05) is 13.8 Å². The summed E-state index contributed by atoms with van der Waals surface area (Å²) in [5.41, 5.74) is -0.672. The van der Waals surface area contributed by atoms with Crippen LogP contribution >= 0.6 is 0 Å². The summed E-state index contributed by atoms with van der Waals surface area (Å²) < 4.78 is 0. The van der Waals surface area contributed by atoms with E-state index in [9.17, 15) is 19.2 Å². The van der Waals surface area contributed by atoms with Gasteiger partial charge < -0.3 is 15.2 Å². The summed E-state index contributed by atoms with van der Waals surface area (Å²) in [6.45, 7) is 3.61. The highest BCUT2D eigenvalue weighted by molar-refractivity contribution is 6.09. The van der Waals surface area contributed by atoms with Crippen molar-refractivity contribution < 1.29 is 14.4 Å². The molecule has 0 atom stereocenters. The zero-order chi connectivity index (χ0) is 21.9. The number of H-pyrrole nitrogens is 1. The quantitative estimate of drug-likeness (QED) is 0.640. The number of urea groups is 1. The number of hydrogen-bond acceptors (Lipinski definition) is 5. The minimum Gasteiger partial charge on any atom is -0.337 e. The molecule has 0 saturated carbocycles. The van der Waals surface area contributed by atoms with Crippen molar-refractivity contribution in [1.29, 1.82) is 0 Å². The number of benzene rings is 1. The summed E-state index contributed by atoms with van der Waals surface area (Å²) in [7, 11) is 1.54. The maximum atomic E-state index is 12.9. The second-order valence-electron chi connectivity index (χ2n) is 7.68. The Bertz CT molecular complexity index is 1030. The third-order valence-electron chi connectivity index (χ3n) is 5.37. The van der Waals surface area contributed by atoms with E-state index in [2.05, 4.69) is 15.3 Å². The number of nitrogens with one attached hydrogen (secondary N) is 2. The fourth-order valence-corrected chi connectivity index (χ4v) is 3.92. The molecule has 30 heavy (non-hydrogen) atoms. The lowest BCUT2D eigenvalue weighted by Gasteiger charge is -2.26. The Kier molecular flexibility index (Phi) is 6.19. The lowest BCUT2D eigenvalue weighted by Crippen LogP contribution is -2.47. The van der Waals surface area contributed by atoms with Crippen molar-refractivity contribution in [3.05, 3.63) is 40.4 Å². The van der Waals surface area contributed by atoms with E-state index in [-0.39, 0.29) is 24.6 Å². The van der Waals surface area contributed by atoms with E-state index >= 15 is 0 Å². The van der Waals surface area contributed by atoms with Gasteiger partial charge in [-0.15, -0.1) is 0 Å². The Morgan fingerprint density at radius 2 is 1.80 bits per heavy atom. The number of aromatic nitrogens is 2. The molecule has 1 aliphatic heterocycles. The molecule has 0 radical (unpaired) electrons. The van der Waals surface area contributed by atoms with Gasteiger partial charge in [-0.2, -0.15) is 0 Å². The first-order chi connectivity index (χ1) is 14.3. The molecular formula is C21H27N5O4. The average molecular weight is 413 g/mol. The van der Waals surface area contributed by atoms with Gasteiger partial charge in [0, 0.05) is 7.05 Å². The molecule has 9 nitrogen and oxygen atoms in total. The summed E-state index contributed by atoms with van der Waals surface area (Å²) in [6, 6.07) is 6.40. The zero-order valence-electron chi connectivity index (χ0n) is 17.5. The van der Waals surface area contributed by atoms with Crippen molar-refractivity contribution in [1.82, 2.24) is 25.1 Å². The smallest absolute Gasteiger partial charge is 0.325 e. The van der Waals surface area contributed by atoms with Crippen molar-refractivity contribution in [2.75, 3.05) is 13.6 Å². The van der Waals surface area contributed by atoms with E-state index in [0.717, 1.165) is 17.7 Å². The number of para-hydroxylation sites is 1. The predicted octanol–water partition coefficient (Wildman–Crippen LogP) is 1.77. The summed E-state index contributed by atoms with van der Waals surface area (Å²) >= 11 is 0. The van der Waals surface area contributed by atoms with Gasteiger partial charge in [-0.1, -0.05) is 38.8 Å². The first kappa shape index (κ1) is 21.5. The number of rotatable bonds is 8. The molecule has 1 aromatic heterocycles. The Morgan fingerprint density at radius 3 is 2.47 bits per heavy atom. The molecule has 1 fully saturated rings. The molecule has 2 N–H and O–H groups in total. The van der Waals surface area contributed by atoms with E-state index in [4.69, 9.17) is 0 Å². The van der Waals surface area contributed by atoms with Gasteiger partial charge >= 0.3 is 6.03 Å². The molecule has 0 spiro atoms. The van der Waals surface area contributed by atoms with Crippen molar-refractivity contribution >= 4 is 28.7 Å². The Morgan fingerprint density at radius 1 is 1.13 bits per heavy atom. The van der Waals surface area contributed by atoms with Crippen LogP contribution in [0.4, 0.5) is 4.79 Å². The van der Waals surface area contributed by atoms with Gasteiger partial charge in [0.15, 0.2) is 0 Å². The minimum atomic E-state index is -0.926. The molecule has 1 saturated heterocycles. The molecule has 0 bridgehead atoms. The van der Waals surface area contributed by atoms with Gasteiger partial charge in [-0.3, -0.25) is 19.3 Å². The molecule has 1 aliphatic rings. The van der Waals surface area contributed by atoms with Crippen LogP contribution in [0.15, 0.2) is 29.1 Å². The fourth-order valence-electron chi connectivity index (χ4n) is 3.92. The second kappa shape index (κ2) is 8.64. The average Bonchev–Trinajstić information content (AvgIpc) is 2.92. The number of nitrogens with zero attached hydrogens (tertiary/aromatic N) is 3. The van der Waals surface area contributed by atoms with Crippen LogP contribution in [0.3, 0.4) is 0 Å². The molecule has 9 heteroatoms. The topological polar surface area (TPSA) is 115 Å². The Hall–Kier alpha value is -3.23. The number of hydrogen-bond donors (Lipinski definition) is 2. The molecular weight excluding hydrogens is 386 g/mol. The summed E-state index contributed by atoms with van der Waals surface area (Å²) in [6.07, 6.45) is 2.56. The summed E-state index contributed by atoms with van der Waals surface area (Å²) in [5, 5.41) is 3.27. The molecule has 4 amide bonds. The first-order valence-electron chi connectivity index (χ1n) is 10.2. The van der Waals surface area contributed by atoms with Gasteiger partial charge in [0.05, 0.1) is 17.4 Å². The summed E-state index contributed by atoms with van der Waals surface area (Å²) in [4.78, 5) is 59.6. The fraction of sp³-hybridized carbons (Fsp3) is 0.476. The van der Waals surface area contributed by atoms with Crippen LogP contribution in [0.1, 0.15) is 45.4 Å². The van der Waals surface area contributed by atoms with Crippen LogP contribution in [0.2, 0.25) is 0 Å².